The van der Waals surface area contributed by atoms with Gasteiger partial charge in [-0.15, -0.1) is 0 Å². The zero-order chi connectivity index (χ0) is 16.4. The Bertz CT molecular complexity index is 705. The minimum atomic E-state index is -0.688. The van der Waals surface area contributed by atoms with Crippen LogP contribution in [-0.4, -0.2) is 18.4 Å². The molecule has 5 heteroatoms. The molecule has 23 heavy (non-hydrogen) atoms. The predicted octanol–water partition coefficient (Wildman–Crippen LogP) is 3.25. The number of halogens is 1. The Morgan fingerprint density at radius 2 is 1.96 bits per heavy atom. The molecule has 1 aliphatic rings. The third kappa shape index (κ3) is 3.46. The number of aryl methyl sites for hydroxylation is 1. The van der Waals surface area contributed by atoms with Crippen molar-refractivity contribution in [2.75, 3.05) is 13.3 Å². The first-order valence-electron chi connectivity index (χ1n) is 7.61. The van der Waals surface area contributed by atoms with Crippen LogP contribution in [0.3, 0.4) is 0 Å². The first-order chi connectivity index (χ1) is 11.0. The molecule has 0 saturated carbocycles. The van der Waals surface area contributed by atoms with Gasteiger partial charge in [-0.25, -0.2) is 4.39 Å². The summed E-state index contributed by atoms with van der Waals surface area (Å²) in [6.45, 7) is 4.44. The van der Waals surface area contributed by atoms with Gasteiger partial charge < -0.3 is 19.9 Å². The van der Waals surface area contributed by atoms with Gasteiger partial charge in [0.15, 0.2) is 11.5 Å². The van der Waals surface area contributed by atoms with Crippen LogP contribution in [0.4, 0.5) is 4.39 Å². The lowest BCUT2D eigenvalue weighted by Crippen LogP contribution is -2.25. The van der Waals surface area contributed by atoms with Crippen molar-refractivity contribution in [3.05, 3.63) is 58.9 Å². The fraction of sp³-hybridized carbons (Fsp3) is 0.333. The fourth-order valence-corrected chi connectivity index (χ4v) is 2.71. The number of hydrogen-bond donors (Lipinski definition) is 2. The van der Waals surface area contributed by atoms with Crippen LogP contribution in [0.2, 0.25) is 0 Å². The highest BCUT2D eigenvalue weighted by Gasteiger charge is 2.17. The van der Waals surface area contributed by atoms with E-state index in [1.807, 2.05) is 25.1 Å². The molecule has 0 saturated heterocycles. The molecular weight excluding hydrogens is 297 g/mol. The summed E-state index contributed by atoms with van der Waals surface area (Å²) in [4.78, 5) is 0. The maximum atomic E-state index is 13.1. The van der Waals surface area contributed by atoms with Gasteiger partial charge in [-0.05, 0) is 54.8 Å². The van der Waals surface area contributed by atoms with E-state index in [-0.39, 0.29) is 18.7 Å². The molecule has 1 aliphatic heterocycles. The lowest BCUT2D eigenvalue weighted by Gasteiger charge is -2.19. The van der Waals surface area contributed by atoms with Gasteiger partial charge in [0.05, 0.1) is 6.10 Å². The number of benzene rings is 2. The summed E-state index contributed by atoms with van der Waals surface area (Å²) in [7, 11) is 0. The van der Waals surface area contributed by atoms with Crippen LogP contribution < -0.4 is 14.8 Å². The summed E-state index contributed by atoms with van der Waals surface area (Å²) in [5.41, 5.74) is 2.53. The molecule has 0 aromatic heterocycles. The van der Waals surface area contributed by atoms with E-state index in [2.05, 4.69) is 5.32 Å². The first-order valence-corrected chi connectivity index (χ1v) is 7.61. The van der Waals surface area contributed by atoms with Crippen LogP contribution in [0.15, 0.2) is 36.4 Å². The summed E-state index contributed by atoms with van der Waals surface area (Å²) < 4.78 is 23.8. The Morgan fingerprint density at radius 1 is 1.17 bits per heavy atom. The Balaban J connectivity index is 1.63. The maximum Gasteiger partial charge on any atom is 0.231 e. The Hall–Kier alpha value is -2.11. The molecule has 2 aromatic rings. The molecule has 2 atom stereocenters. The third-order valence-corrected chi connectivity index (χ3v) is 4.10. The molecule has 0 spiro atoms. The maximum absolute atomic E-state index is 13.1. The molecule has 0 fully saturated rings. The number of nitrogens with one attached hydrogen (secondary N) is 1. The zero-order valence-corrected chi connectivity index (χ0v) is 13.2. The van der Waals surface area contributed by atoms with E-state index in [0.717, 1.165) is 28.2 Å². The Morgan fingerprint density at radius 3 is 2.74 bits per heavy atom. The van der Waals surface area contributed by atoms with Gasteiger partial charge in [0.25, 0.3) is 0 Å². The van der Waals surface area contributed by atoms with Gasteiger partial charge in [-0.3, -0.25) is 0 Å². The standard InChI is InChI=1S/C18H20FNO3/c1-11-7-14(19)4-5-15(11)16(21)9-20-12(2)13-3-6-17-18(8-13)23-10-22-17/h3-8,12,16,20-21H,9-10H2,1-2H3. The molecule has 0 bridgehead atoms. The highest BCUT2D eigenvalue weighted by Crippen LogP contribution is 2.34. The highest BCUT2D eigenvalue weighted by atomic mass is 19.1. The van der Waals surface area contributed by atoms with Gasteiger partial charge in [-0.2, -0.15) is 0 Å². The smallest absolute Gasteiger partial charge is 0.231 e. The Labute approximate surface area is 134 Å². The molecule has 0 radical (unpaired) electrons. The number of hydrogen-bond acceptors (Lipinski definition) is 4. The van der Waals surface area contributed by atoms with Crippen molar-refractivity contribution in [3.8, 4) is 11.5 Å². The number of aliphatic hydroxyl groups excluding tert-OH is 1. The van der Waals surface area contributed by atoms with Gasteiger partial charge >= 0.3 is 0 Å². The quantitative estimate of drug-likeness (QED) is 0.889. The van der Waals surface area contributed by atoms with Crippen molar-refractivity contribution in [3.63, 3.8) is 0 Å². The fourth-order valence-electron chi connectivity index (χ4n) is 2.71. The predicted molar refractivity (Wildman–Crippen MR) is 85.1 cm³/mol. The van der Waals surface area contributed by atoms with Crippen molar-refractivity contribution in [2.45, 2.75) is 26.0 Å². The van der Waals surface area contributed by atoms with Crippen molar-refractivity contribution in [1.29, 1.82) is 0 Å². The van der Waals surface area contributed by atoms with Gasteiger partial charge in [-0.1, -0.05) is 12.1 Å². The summed E-state index contributed by atoms with van der Waals surface area (Å²) in [6.07, 6.45) is -0.688. The molecule has 0 aliphatic carbocycles. The minimum absolute atomic E-state index is 0.0416. The topological polar surface area (TPSA) is 50.7 Å². The van der Waals surface area contributed by atoms with Crippen molar-refractivity contribution in [1.82, 2.24) is 5.32 Å². The second-order valence-electron chi connectivity index (χ2n) is 5.76. The largest absolute Gasteiger partial charge is 0.454 e. The second-order valence-corrected chi connectivity index (χ2v) is 5.76. The molecule has 2 unspecified atom stereocenters. The van der Waals surface area contributed by atoms with Gasteiger partial charge in [0.1, 0.15) is 5.82 Å². The SMILES string of the molecule is Cc1cc(F)ccc1C(O)CNC(C)c1ccc2c(c1)OCO2. The van der Waals surface area contributed by atoms with Crippen molar-refractivity contribution in [2.24, 2.45) is 0 Å². The average molecular weight is 317 g/mol. The summed E-state index contributed by atoms with van der Waals surface area (Å²) >= 11 is 0. The monoisotopic (exact) mass is 317 g/mol. The summed E-state index contributed by atoms with van der Waals surface area (Å²) in [5, 5.41) is 13.6. The molecule has 122 valence electrons. The third-order valence-electron chi connectivity index (χ3n) is 4.10. The van der Waals surface area contributed by atoms with Crippen molar-refractivity contribution < 1.29 is 19.0 Å². The van der Waals surface area contributed by atoms with E-state index in [1.54, 1.807) is 13.0 Å². The number of fused-ring (bicyclic) bond motifs is 1. The number of rotatable bonds is 5. The lowest BCUT2D eigenvalue weighted by molar-refractivity contribution is 0.170. The van der Waals surface area contributed by atoms with Crippen LogP contribution in [-0.2, 0) is 0 Å². The van der Waals surface area contributed by atoms with Crippen LogP contribution in [0.25, 0.3) is 0 Å². The molecule has 4 nitrogen and oxygen atoms in total. The Kier molecular flexibility index (Phi) is 4.50. The van der Waals surface area contributed by atoms with Crippen LogP contribution in [0.1, 0.15) is 35.8 Å². The summed E-state index contributed by atoms with van der Waals surface area (Å²) in [6, 6.07) is 10.3. The lowest BCUT2D eigenvalue weighted by atomic mass is 10.0. The number of aliphatic hydroxyl groups is 1. The molecule has 3 rings (SSSR count). The van der Waals surface area contributed by atoms with E-state index in [4.69, 9.17) is 9.47 Å². The molecule has 0 amide bonds. The van der Waals surface area contributed by atoms with E-state index in [0.29, 0.717) is 6.54 Å². The second kappa shape index (κ2) is 6.56. The average Bonchev–Trinajstić information content (AvgIpc) is 2.99. The zero-order valence-electron chi connectivity index (χ0n) is 13.2. The van der Waals surface area contributed by atoms with Crippen LogP contribution in [0.5, 0.6) is 11.5 Å². The van der Waals surface area contributed by atoms with E-state index in [1.165, 1.54) is 12.1 Å². The van der Waals surface area contributed by atoms with Gasteiger partial charge in [0, 0.05) is 12.6 Å². The normalized spacial score (nSPS) is 15.5. The molecule has 2 N–H and O–H groups in total. The minimum Gasteiger partial charge on any atom is -0.454 e. The van der Waals surface area contributed by atoms with Crippen LogP contribution >= 0.6 is 0 Å². The van der Waals surface area contributed by atoms with E-state index in [9.17, 15) is 9.50 Å². The van der Waals surface area contributed by atoms with E-state index < -0.39 is 6.10 Å². The van der Waals surface area contributed by atoms with Gasteiger partial charge in [0.2, 0.25) is 6.79 Å². The molecular formula is C18H20FNO3. The van der Waals surface area contributed by atoms with Crippen molar-refractivity contribution >= 4 is 0 Å². The van der Waals surface area contributed by atoms with E-state index >= 15 is 0 Å². The first kappa shape index (κ1) is 15.8. The molecule has 1 heterocycles. The van der Waals surface area contributed by atoms with Crippen LogP contribution in [0, 0.1) is 12.7 Å². The molecule has 2 aromatic carbocycles. The highest BCUT2D eigenvalue weighted by molar-refractivity contribution is 5.45. The summed E-state index contributed by atoms with van der Waals surface area (Å²) in [5.74, 6) is 1.20. The number of ether oxygens (including phenoxy) is 2.